The SMILES string of the molecule is COc1ccc(-c2[nH]nc3c2C(c2ccc(OC)c(O)c2)C(C#N)=C(N)O3)cc1. The summed E-state index contributed by atoms with van der Waals surface area (Å²) in [5, 5.41) is 27.2. The summed E-state index contributed by atoms with van der Waals surface area (Å²) in [7, 11) is 3.07. The van der Waals surface area contributed by atoms with Gasteiger partial charge in [-0.2, -0.15) is 5.26 Å². The molecule has 1 aliphatic heterocycles. The van der Waals surface area contributed by atoms with Gasteiger partial charge in [0.1, 0.15) is 17.4 Å². The van der Waals surface area contributed by atoms with Gasteiger partial charge in [0.25, 0.3) is 0 Å². The highest BCUT2D eigenvalue weighted by Gasteiger charge is 2.36. The zero-order valence-electron chi connectivity index (χ0n) is 15.8. The van der Waals surface area contributed by atoms with E-state index in [-0.39, 0.29) is 23.1 Å². The van der Waals surface area contributed by atoms with Gasteiger partial charge in [0.15, 0.2) is 11.5 Å². The highest BCUT2D eigenvalue weighted by Crippen LogP contribution is 2.46. The molecular formula is C21H18N4O4. The molecule has 146 valence electrons. The second-order valence-electron chi connectivity index (χ2n) is 6.40. The van der Waals surface area contributed by atoms with Crippen LogP contribution >= 0.6 is 0 Å². The van der Waals surface area contributed by atoms with E-state index in [0.717, 1.165) is 11.3 Å². The number of nitriles is 1. The first kappa shape index (κ1) is 18.3. The Morgan fingerprint density at radius 1 is 1.17 bits per heavy atom. The second-order valence-corrected chi connectivity index (χ2v) is 6.40. The van der Waals surface area contributed by atoms with Crippen LogP contribution in [0.3, 0.4) is 0 Å². The number of nitrogens with one attached hydrogen (secondary N) is 1. The monoisotopic (exact) mass is 390 g/mol. The number of ether oxygens (including phenoxy) is 3. The number of aromatic nitrogens is 2. The fourth-order valence-corrected chi connectivity index (χ4v) is 3.44. The van der Waals surface area contributed by atoms with Crippen molar-refractivity contribution in [1.82, 2.24) is 10.2 Å². The molecule has 0 saturated heterocycles. The molecule has 0 aliphatic carbocycles. The van der Waals surface area contributed by atoms with Gasteiger partial charge < -0.3 is 25.1 Å². The maximum Gasteiger partial charge on any atom is 0.244 e. The van der Waals surface area contributed by atoms with E-state index in [9.17, 15) is 10.4 Å². The number of aromatic amines is 1. The number of fused-ring (bicyclic) bond motifs is 1. The number of hydrogen-bond acceptors (Lipinski definition) is 7. The Balaban J connectivity index is 1.90. The molecule has 1 aliphatic rings. The number of benzene rings is 2. The van der Waals surface area contributed by atoms with Gasteiger partial charge in [0.05, 0.1) is 31.4 Å². The minimum absolute atomic E-state index is 0.0203. The molecule has 2 aromatic carbocycles. The van der Waals surface area contributed by atoms with Gasteiger partial charge in [-0.3, -0.25) is 5.10 Å². The molecule has 29 heavy (non-hydrogen) atoms. The largest absolute Gasteiger partial charge is 0.504 e. The Hall–Kier alpha value is -4.12. The Labute approximate surface area is 166 Å². The molecule has 0 spiro atoms. The summed E-state index contributed by atoms with van der Waals surface area (Å²) in [6.07, 6.45) is 0. The lowest BCUT2D eigenvalue weighted by atomic mass is 9.83. The molecule has 8 nitrogen and oxygen atoms in total. The summed E-state index contributed by atoms with van der Waals surface area (Å²) < 4.78 is 15.9. The number of aromatic hydroxyl groups is 1. The summed E-state index contributed by atoms with van der Waals surface area (Å²) >= 11 is 0. The van der Waals surface area contributed by atoms with Gasteiger partial charge >= 0.3 is 0 Å². The van der Waals surface area contributed by atoms with E-state index < -0.39 is 5.92 Å². The Morgan fingerprint density at radius 3 is 2.55 bits per heavy atom. The minimum atomic E-state index is -0.573. The van der Waals surface area contributed by atoms with Gasteiger partial charge in [-0.15, -0.1) is 5.10 Å². The average molecular weight is 390 g/mol. The molecule has 1 atom stereocenters. The zero-order valence-corrected chi connectivity index (χ0v) is 15.8. The van der Waals surface area contributed by atoms with Crippen LogP contribution < -0.4 is 19.9 Å². The maximum atomic E-state index is 10.3. The number of phenolic OH excluding ortho intramolecular Hbond substituents is 1. The van der Waals surface area contributed by atoms with Crippen LogP contribution in [0.2, 0.25) is 0 Å². The van der Waals surface area contributed by atoms with Crippen molar-refractivity contribution >= 4 is 0 Å². The van der Waals surface area contributed by atoms with E-state index in [2.05, 4.69) is 16.3 Å². The molecule has 4 rings (SSSR count). The van der Waals surface area contributed by atoms with Crippen molar-refractivity contribution < 1.29 is 19.3 Å². The first-order chi connectivity index (χ1) is 14.1. The van der Waals surface area contributed by atoms with Crippen LogP contribution in [0.15, 0.2) is 53.9 Å². The van der Waals surface area contributed by atoms with Crippen LogP contribution in [0.4, 0.5) is 0 Å². The highest BCUT2D eigenvalue weighted by molar-refractivity contribution is 5.71. The van der Waals surface area contributed by atoms with E-state index in [0.29, 0.717) is 22.6 Å². The third-order valence-corrected chi connectivity index (χ3v) is 4.85. The smallest absolute Gasteiger partial charge is 0.244 e. The number of nitrogens with zero attached hydrogens (tertiary/aromatic N) is 2. The van der Waals surface area contributed by atoms with Crippen LogP contribution in [-0.2, 0) is 0 Å². The van der Waals surface area contributed by atoms with E-state index in [1.807, 2.05) is 24.3 Å². The van der Waals surface area contributed by atoms with E-state index in [4.69, 9.17) is 19.9 Å². The van der Waals surface area contributed by atoms with Crippen molar-refractivity contribution in [2.24, 2.45) is 5.73 Å². The lowest BCUT2D eigenvalue weighted by Gasteiger charge is -2.24. The number of phenols is 1. The number of allylic oxidation sites excluding steroid dienone is 1. The fourth-order valence-electron chi connectivity index (χ4n) is 3.44. The third kappa shape index (κ3) is 2.99. The van der Waals surface area contributed by atoms with Crippen molar-refractivity contribution in [3.8, 4) is 40.5 Å². The van der Waals surface area contributed by atoms with Crippen molar-refractivity contribution in [2.45, 2.75) is 5.92 Å². The van der Waals surface area contributed by atoms with Gasteiger partial charge in [-0.05, 0) is 42.0 Å². The number of methoxy groups -OCH3 is 2. The van der Waals surface area contributed by atoms with Crippen molar-refractivity contribution in [3.05, 3.63) is 65.0 Å². The molecule has 1 aromatic heterocycles. The molecule has 0 amide bonds. The summed E-state index contributed by atoms with van der Waals surface area (Å²) in [4.78, 5) is 0. The minimum Gasteiger partial charge on any atom is -0.504 e. The number of rotatable bonds is 4. The molecule has 1 unspecified atom stereocenters. The molecule has 0 radical (unpaired) electrons. The normalized spacial score (nSPS) is 15.3. The average Bonchev–Trinajstić information content (AvgIpc) is 3.16. The second kappa shape index (κ2) is 7.13. The zero-order chi connectivity index (χ0) is 20.5. The number of nitrogens with two attached hydrogens (primary N) is 1. The van der Waals surface area contributed by atoms with Crippen molar-refractivity contribution in [2.75, 3.05) is 14.2 Å². The number of hydrogen-bond donors (Lipinski definition) is 3. The van der Waals surface area contributed by atoms with E-state index >= 15 is 0 Å². The topological polar surface area (TPSA) is 126 Å². The number of H-pyrrole nitrogens is 1. The summed E-state index contributed by atoms with van der Waals surface area (Å²) in [5.74, 6) is 0.705. The van der Waals surface area contributed by atoms with Crippen LogP contribution in [0.5, 0.6) is 23.1 Å². The van der Waals surface area contributed by atoms with Crippen molar-refractivity contribution in [1.29, 1.82) is 5.26 Å². The highest BCUT2D eigenvalue weighted by atomic mass is 16.5. The van der Waals surface area contributed by atoms with Gasteiger partial charge in [-0.1, -0.05) is 6.07 Å². The summed E-state index contributed by atoms with van der Waals surface area (Å²) in [5.41, 5.74) is 9.06. The summed E-state index contributed by atoms with van der Waals surface area (Å²) in [6.45, 7) is 0. The molecule has 4 N–H and O–H groups in total. The molecule has 2 heterocycles. The Bertz CT molecular complexity index is 1140. The third-order valence-electron chi connectivity index (χ3n) is 4.85. The van der Waals surface area contributed by atoms with Crippen molar-refractivity contribution in [3.63, 3.8) is 0 Å². The van der Waals surface area contributed by atoms with E-state index in [1.54, 1.807) is 25.3 Å². The first-order valence-electron chi connectivity index (χ1n) is 8.74. The van der Waals surface area contributed by atoms with E-state index in [1.165, 1.54) is 7.11 Å². The van der Waals surface area contributed by atoms with Crippen LogP contribution in [-0.4, -0.2) is 29.5 Å². The predicted octanol–water partition coefficient (Wildman–Crippen LogP) is 3.02. The Kier molecular flexibility index (Phi) is 4.49. The van der Waals surface area contributed by atoms with Gasteiger partial charge in [0.2, 0.25) is 11.8 Å². The van der Waals surface area contributed by atoms with Gasteiger partial charge in [-0.25, -0.2) is 0 Å². The standard InChI is InChI=1S/C21H18N4O4/c1-27-13-6-3-11(4-7-13)19-18-17(12-5-8-16(28-2)15(26)9-12)14(10-22)20(23)29-21(18)25-24-19/h3-9,17,26H,23H2,1-2H3,(H,24,25). The maximum absolute atomic E-state index is 10.3. The molecule has 3 aromatic rings. The van der Waals surface area contributed by atoms with Crippen LogP contribution in [0.25, 0.3) is 11.3 Å². The molecule has 0 bridgehead atoms. The predicted molar refractivity (Wildman–Crippen MR) is 105 cm³/mol. The summed E-state index contributed by atoms with van der Waals surface area (Å²) in [6, 6.07) is 14.5. The first-order valence-corrected chi connectivity index (χ1v) is 8.74. The molecular weight excluding hydrogens is 372 g/mol. The lowest BCUT2D eigenvalue weighted by molar-refractivity contribution is 0.371. The quantitative estimate of drug-likeness (QED) is 0.625. The lowest BCUT2D eigenvalue weighted by Crippen LogP contribution is -2.21. The Morgan fingerprint density at radius 2 is 1.93 bits per heavy atom. The molecule has 0 saturated carbocycles. The fraction of sp³-hybridized carbons (Fsp3) is 0.143. The van der Waals surface area contributed by atoms with Crippen LogP contribution in [0.1, 0.15) is 17.0 Å². The molecule has 0 fully saturated rings. The van der Waals surface area contributed by atoms with Crippen LogP contribution in [0, 0.1) is 11.3 Å². The molecule has 8 heteroatoms. The van der Waals surface area contributed by atoms with Gasteiger partial charge in [0, 0.05) is 5.56 Å².